The van der Waals surface area contributed by atoms with Crippen molar-refractivity contribution < 1.29 is 36.6 Å². The summed E-state index contributed by atoms with van der Waals surface area (Å²) in [6.45, 7) is 0. The van der Waals surface area contributed by atoms with Crippen LogP contribution in [0.4, 0.5) is 0 Å². The molecule has 0 aromatic rings. The van der Waals surface area contributed by atoms with Crippen LogP contribution in [0.15, 0.2) is 0 Å². The molecule has 0 aliphatic heterocycles. The van der Waals surface area contributed by atoms with Crippen LogP contribution in [0, 0.1) is 11.8 Å². The van der Waals surface area contributed by atoms with Gasteiger partial charge < -0.3 is 10.2 Å². The largest absolute Gasteiger partial charge is 0.481 e. The highest BCUT2D eigenvalue weighted by atomic mass is 32.2. The molecule has 0 radical (unpaired) electrons. The Bertz CT molecular complexity index is 573. The van der Waals surface area contributed by atoms with Gasteiger partial charge in [-0.15, -0.1) is 0 Å². The van der Waals surface area contributed by atoms with Gasteiger partial charge in [-0.2, -0.15) is 0 Å². The fourth-order valence-corrected chi connectivity index (χ4v) is 3.99. The second-order valence-electron chi connectivity index (χ2n) is 5.72. The Morgan fingerprint density at radius 3 is 1.21 bits per heavy atom. The summed E-state index contributed by atoms with van der Waals surface area (Å²) in [5.74, 6) is -5.87. The molecule has 0 spiro atoms. The van der Waals surface area contributed by atoms with Crippen molar-refractivity contribution in [3.63, 3.8) is 0 Å². The van der Waals surface area contributed by atoms with Gasteiger partial charge in [0.1, 0.15) is 0 Å². The number of primary sulfonamides is 2. The highest BCUT2D eigenvalue weighted by molar-refractivity contribution is 7.89. The van der Waals surface area contributed by atoms with Crippen LogP contribution < -0.4 is 10.3 Å². The lowest BCUT2D eigenvalue weighted by Gasteiger charge is -2.12. The first-order valence-corrected chi connectivity index (χ1v) is 10.7. The average molecular weight is 388 g/mol. The third-order valence-corrected chi connectivity index (χ3v) is 5.15. The summed E-state index contributed by atoms with van der Waals surface area (Å²) in [6.07, 6.45) is 2.31. The smallest absolute Gasteiger partial charge is 0.307 e. The average Bonchev–Trinajstić information content (AvgIpc) is 2.36. The first-order valence-electron chi connectivity index (χ1n) is 7.28. The minimum absolute atomic E-state index is 0.144. The van der Waals surface area contributed by atoms with Gasteiger partial charge in [0, 0.05) is 0 Å². The first kappa shape index (κ1) is 22.8. The molecule has 0 saturated carbocycles. The summed E-state index contributed by atoms with van der Waals surface area (Å²) in [5.41, 5.74) is 0. The summed E-state index contributed by atoms with van der Waals surface area (Å²) in [6, 6.07) is 0. The summed E-state index contributed by atoms with van der Waals surface area (Å²) in [5, 5.41) is 27.5. The van der Waals surface area contributed by atoms with Crippen LogP contribution in [-0.4, -0.2) is 50.5 Å². The zero-order valence-electron chi connectivity index (χ0n) is 13.1. The maximum atomic E-state index is 10.9. The Labute approximate surface area is 141 Å². The van der Waals surface area contributed by atoms with E-state index in [1.807, 2.05) is 0 Å². The molecule has 0 aromatic carbocycles. The third kappa shape index (κ3) is 12.2. The van der Waals surface area contributed by atoms with Gasteiger partial charge in [0.25, 0.3) is 0 Å². The molecule has 0 saturated heterocycles. The van der Waals surface area contributed by atoms with E-state index in [9.17, 15) is 26.4 Å². The number of rotatable bonds is 13. The van der Waals surface area contributed by atoms with Crippen molar-refractivity contribution in [2.45, 2.75) is 38.5 Å². The minimum Gasteiger partial charge on any atom is -0.481 e. The van der Waals surface area contributed by atoms with Crippen molar-refractivity contribution in [1.29, 1.82) is 0 Å². The van der Waals surface area contributed by atoms with Gasteiger partial charge in [0.15, 0.2) is 0 Å². The van der Waals surface area contributed by atoms with Crippen LogP contribution in [-0.2, 0) is 29.6 Å². The van der Waals surface area contributed by atoms with Gasteiger partial charge in [-0.05, 0) is 12.8 Å². The molecule has 12 heteroatoms. The molecule has 0 aliphatic rings. The van der Waals surface area contributed by atoms with Crippen LogP contribution in [0.5, 0.6) is 0 Å². The quantitative estimate of drug-likeness (QED) is 0.297. The summed E-state index contributed by atoms with van der Waals surface area (Å²) in [7, 11) is -7.74. The maximum absolute atomic E-state index is 10.9. The van der Waals surface area contributed by atoms with Gasteiger partial charge in [-0.25, -0.2) is 27.1 Å². The van der Waals surface area contributed by atoms with E-state index in [1.165, 1.54) is 0 Å². The van der Waals surface area contributed by atoms with Gasteiger partial charge in [-0.1, -0.05) is 25.7 Å². The lowest BCUT2D eigenvalue weighted by atomic mass is 9.99. The molecule has 6 N–H and O–H groups in total. The van der Waals surface area contributed by atoms with Crippen LogP contribution in [0.2, 0.25) is 0 Å². The van der Waals surface area contributed by atoms with Gasteiger partial charge in [0.05, 0.1) is 23.3 Å². The van der Waals surface area contributed by atoms with Crippen molar-refractivity contribution >= 4 is 32.0 Å². The number of hydrogen-bond donors (Lipinski definition) is 4. The summed E-state index contributed by atoms with van der Waals surface area (Å²) < 4.78 is 43.7. The molecule has 0 bridgehead atoms. The molecule has 0 heterocycles. The Morgan fingerprint density at radius 1 is 0.708 bits per heavy atom. The van der Waals surface area contributed by atoms with E-state index in [-0.39, 0.29) is 12.8 Å². The van der Waals surface area contributed by atoms with E-state index in [4.69, 9.17) is 20.5 Å². The number of sulfonamides is 2. The molecular weight excluding hydrogens is 364 g/mol. The minimum atomic E-state index is -3.87. The molecule has 24 heavy (non-hydrogen) atoms. The van der Waals surface area contributed by atoms with E-state index in [0.717, 1.165) is 0 Å². The topological polar surface area (TPSA) is 195 Å². The third-order valence-electron chi connectivity index (χ3n) is 3.42. The fraction of sp³-hybridized carbons (Fsp3) is 0.833. The number of nitrogens with two attached hydrogens (primary N) is 2. The number of carboxylic acids is 2. The predicted molar refractivity (Wildman–Crippen MR) is 85.9 cm³/mol. The lowest BCUT2D eigenvalue weighted by molar-refractivity contribution is -0.142. The normalized spacial score (nSPS) is 14.9. The second-order valence-corrected chi connectivity index (χ2v) is 9.04. The van der Waals surface area contributed by atoms with Crippen molar-refractivity contribution in [3.8, 4) is 0 Å². The molecule has 0 aliphatic carbocycles. The highest BCUT2D eigenvalue weighted by Crippen LogP contribution is 2.16. The molecule has 142 valence electrons. The highest BCUT2D eigenvalue weighted by Gasteiger charge is 2.23. The van der Waals surface area contributed by atoms with E-state index in [1.54, 1.807) is 0 Å². The molecule has 0 amide bonds. The van der Waals surface area contributed by atoms with Crippen molar-refractivity contribution in [1.82, 2.24) is 0 Å². The van der Waals surface area contributed by atoms with Crippen LogP contribution in [0.1, 0.15) is 38.5 Å². The number of hydrogen-bond acceptors (Lipinski definition) is 6. The van der Waals surface area contributed by atoms with E-state index >= 15 is 0 Å². The molecule has 10 nitrogen and oxygen atoms in total. The van der Waals surface area contributed by atoms with Gasteiger partial charge in [0.2, 0.25) is 20.0 Å². The lowest BCUT2D eigenvalue weighted by Crippen LogP contribution is -2.28. The number of unbranched alkanes of at least 4 members (excludes halogenated alkanes) is 3. The zero-order chi connectivity index (χ0) is 19.0. The monoisotopic (exact) mass is 388 g/mol. The Balaban J connectivity index is 4.15. The zero-order valence-corrected chi connectivity index (χ0v) is 14.8. The number of carbonyl (C=O) groups is 2. The molecule has 0 aromatic heterocycles. The van der Waals surface area contributed by atoms with Crippen LogP contribution >= 0.6 is 0 Å². The van der Waals surface area contributed by atoms with Crippen LogP contribution in [0.3, 0.4) is 0 Å². The van der Waals surface area contributed by atoms with Gasteiger partial charge >= 0.3 is 11.9 Å². The van der Waals surface area contributed by atoms with Crippen molar-refractivity contribution in [2.75, 3.05) is 11.5 Å². The fourth-order valence-electron chi connectivity index (χ4n) is 2.25. The Hall–Kier alpha value is -1.24. The Morgan fingerprint density at radius 2 is 1.00 bits per heavy atom. The maximum Gasteiger partial charge on any atom is 0.307 e. The molecule has 0 rings (SSSR count). The SMILES string of the molecule is NS(=O)(=O)CC(CCCCCCC(CS(N)(=O)=O)C(=O)O)C(=O)O. The van der Waals surface area contributed by atoms with E-state index in [0.29, 0.717) is 25.7 Å². The number of aliphatic carboxylic acids is 2. The van der Waals surface area contributed by atoms with Gasteiger partial charge in [-0.3, -0.25) is 9.59 Å². The first-order chi connectivity index (χ1) is 10.8. The van der Waals surface area contributed by atoms with E-state index in [2.05, 4.69) is 0 Å². The number of carboxylic acid groups (broad SMARTS) is 2. The summed E-state index contributed by atoms with van der Waals surface area (Å²) >= 11 is 0. The van der Waals surface area contributed by atoms with Crippen LogP contribution in [0.25, 0.3) is 0 Å². The molecule has 2 atom stereocenters. The van der Waals surface area contributed by atoms with Crippen molar-refractivity contribution in [2.24, 2.45) is 22.1 Å². The van der Waals surface area contributed by atoms with Crippen molar-refractivity contribution in [3.05, 3.63) is 0 Å². The molecular formula is C12H24N2O8S2. The molecule has 0 fully saturated rings. The summed E-state index contributed by atoms with van der Waals surface area (Å²) in [4.78, 5) is 21.9. The predicted octanol–water partition coefficient (Wildman–Crippen LogP) is -0.694. The Kier molecular flexibility index (Phi) is 9.40. The molecule has 2 unspecified atom stereocenters. The standard InChI is InChI=1S/C12H24N2O8S2/c13-23(19,20)7-9(11(15)16)5-3-1-2-4-6-10(12(17)18)8-24(14,21)22/h9-10H,1-8H2,(H,15,16)(H,17,18)(H2,13,19,20)(H2,14,21,22). The van der Waals surface area contributed by atoms with E-state index < -0.39 is 55.3 Å². The second kappa shape index (κ2) is 9.91.